The lowest BCUT2D eigenvalue weighted by molar-refractivity contribution is -0.132. The van der Waals surface area contributed by atoms with Gasteiger partial charge in [-0.25, -0.2) is 18.4 Å². The lowest BCUT2D eigenvalue weighted by Crippen LogP contribution is -2.36. The molecule has 0 aromatic carbocycles. The first-order valence-electron chi connectivity index (χ1n) is 9.63. The van der Waals surface area contributed by atoms with Gasteiger partial charge in [-0.1, -0.05) is 0 Å². The average molecular weight is 394 g/mol. The van der Waals surface area contributed by atoms with Gasteiger partial charge in [-0.05, 0) is 25.8 Å². The number of aromatic nitrogens is 5. The van der Waals surface area contributed by atoms with E-state index in [0.717, 1.165) is 37.7 Å². The summed E-state index contributed by atoms with van der Waals surface area (Å²) in [5.74, 6) is 1.98. The summed E-state index contributed by atoms with van der Waals surface area (Å²) in [6.45, 7) is 4.76. The number of halogens is 2. The summed E-state index contributed by atoms with van der Waals surface area (Å²) in [6, 6.07) is 1.32. The second-order valence-electron chi connectivity index (χ2n) is 7.30. The molecule has 28 heavy (non-hydrogen) atoms. The highest BCUT2D eigenvalue weighted by Gasteiger charge is 2.25. The zero-order valence-electron chi connectivity index (χ0n) is 15.9. The van der Waals surface area contributed by atoms with Crippen molar-refractivity contribution >= 4 is 5.91 Å². The third-order valence-corrected chi connectivity index (χ3v) is 5.40. The summed E-state index contributed by atoms with van der Waals surface area (Å²) >= 11 is 0. The third-order valence-electron chi connectivity index (χ3n) is 5.40. The largest absolute Gasteiger partial charge is 0.381 e. The summed E-state index contributed by atoms with van der Waals surface area (Å²) in [5, 5.41) is 8.50. The first-order valence-corrected chi connectivity index (χ1v) is 9.63. The number of carbonyl (C=O) groups excluding carboxylic acids is 1. The van der Waals surface area contributed by atoms with Crippen LogP contribution in [0.2, 0.25) is 0 Å². The van der Waals surface area contributed by atoms with E-state index in [4.69, 9.17) is 9.72 Å². The number of fused-ring (bicyclic) bond motifs is 1. The van der Waals surface area contributed by atoms with Crippen LogP contribution in [0.4, 0.5) is 8.78 Å². The van der Waals surface area contributed by atoms with Gasteiger partial charge in [0.2, 0.25) is 5.91 Å². The molecule has 2 aliphatic heterocycles. The first kappa shape index (κ1) is 19.0. The molecular weight excluding hydrogens is 370 g/mol. The van der Waals surface area contributed by atoms with Crippen molar-refractivity contribution in [2.45, 2.75) is 51.6 Å². The van der Waals surface area contributed by atoms with E-state index in [0.29, 0.717) is 37.7 Å². The van der Waals surface area contributed by atoms with Crippen molar-refractivity contribution in [2.24, 2.45) is 0 Å². The Balaban J connectivity index is 1.38. The molecule has 1 amide bonds. The number of hydrogen-bond acceptors (Lipinski definition) is 5. The number of alkyl halides is 2. The first-order chi connectivity index (χ1) is 13.5. The molecule has 2 aliphatic rings. The molecule has 1 fully saturated rings. The van der Waals surface area contributed by atoms with E-state index in [1.807, 2.05) is 4.68 Å². The Morgan fingerprint density at radius 2 is 2.04 bits per heavy atom. The number of ether oxygens (including phenoxy) is 1. The van der Waals surface area contributed by atoms with Gasteiger partial charge in [-0.15, -0.1) is 0 Å². The lowest BCUT2D eigenvalue weighted by atomic mass is 10.00. The molecule has 2 aromatic heterocycles. The van der Waals surface area contributed by atoms with E-state index in [-0.39, 0.29) is 18.1 Å². The number of hydrogen-bond donors (Lipinski definition) is 0. The highest BCUT2D eigenvalue weighted by molar-refractivity contribution is 5.76. The van der Waals surface area contributed by atoms with Gasteiger partial charge in [0.25, 0.3) is 6.43 Å². The number of carbonyl (C=O) groups is 1. The molecule has 4 heterocycles. The highest BCUT2D eigenvalue weighted by Crippen LogP contribution is 2.25. The second kappa shape index (κ2) is 7.94. The molecule has 152 valence electrons. The Morgan fingerprint density at radius 3 is 2.75 bits per heavy atom. The van der Waals surface area contributed by atoms with Gasteiger partial charge in [0.15, 0.2) is 5.82 Å². The minimum absolute atomic E-state index is 0.0401. The molecule has 0 N–H and O–H groups in total. The van der Waals surface area contributed by atoms with Gasteiger partial charge in [-0.2, -0.15) is 10.2 Å². The van der Waals surface area contributed by atoms with Crippen molar-refractivity contribution in [2.75, 3.05) is 26.3 Å². The Hall–Kier alpha value is -2.36. The van der Waals surface area contributed by atoms with Crippen LogP contribution in [0.15, 0.2) is 6.07 Å². The van der Waals surface area contributed by atoms with Crippen LogP contribution in [-0.4, -0.2) is 61.7 Å². The van der Waals surface area contributed by atoms with Crippen LogP contribution in [0.25, 0.3) is 0 Å². The van der Waals surface area contributed by atoms with Crippen molar-refractivity contribution in [1.82, 2.24) is 29.4 Å². The molecule has 8 nitrogen and oxygen atoms in total. The lowest BCUT2D eigenvalue weighted by Gasteiger charge is -2.21. The fraction of sp³-hybridized carbons (Fsp3) is 0.667. The van der Waals surface area contributed by atoms with Gasteiger partial charge >= 0.3 is 0 Å². The van der Waals surface area contributed by atoms with Crippen LogP contribution >= 0.6 is 0 Å². The van der Waals surface area contributed by atoms with Crippen LogP contribution in [0.3, 0.4) is 0 Å². The predicted molar refractivity (Wildman–Crippen MR) is 95.0 cm³/mol. The fourth-order valence-corrected chi connectivity index (χ4v) is 3.73. The number of rotatable bonds is 4. The maximum absolute atomic E-state index is 12.8. The smallest absolute Gasteiger partial charge is 0.282 e. The molecule has 2 aromatic rings. The summed E-state index contributed by atoms with van der Waals surface area (Å²) < 4.78 is 34.2. The Kier molecular flexibility index (Phi) is 5.38. The monoisotopic (exact) mass is 394 g/mol. The van der Waals surface area contributed by atoms with Crippen molar-refractivity contribution in [3.8, 4) is 0 Å². The standard InChI is InChI=1S/C18H24F2N6O2/c1-12-10-14(17(19)20)22-26(12)11-16(27)24-5-2-15-21-18(23-25(15)7-6-24)13-3-8-28-9-4-13/h10,13,17H,2-9,11H2,1H3. The van der Waals surface area contributed by atoms with Crippen molar-refractivity contribution in [1.29, 1.82) is 0 Å². The van der Waals surface area contributed by atoms with Crippen LogP contribution < -0.4 is 0 Å². The summed E-state index contributed by atoms with van der Waals surface area (Å²) in [4.78, 5) is 19.1. The number of aryl methyl sites for hydroxylation is 1. The van der Waals surface area contributed by atoms with Crippen LogP contribution in [0, 0.1) is 6.92 Å². The molecule has 0 atom stereocenters. The SMILES string of the molecule is Cc1cc(C(F)F)nn1CC(=O)N1CCc2nc(C3CCOCC3)nn2CC1. The summed E-state index contributed by atoms with van der Waals surface area (Å²) in [7, 11) is 0. The zero-order chi connectivity index (χ0) is 19.7. The third kappa shape index (κ3) is 3.91. The molecule has 0 spiro atoms. The van der Waals surface area contributed by atoms with Crippen LogP contribution in [0.1, 0.15) is 48.2 Å². The van der Waals surface area contributed by atoms with E-state index >= 15 is 0 Å². The van der Waals surface area contributed by atoms with Gasteiger partial charge < -0.3 is 9.64 Å². The predicted octanol–water partition coefficient (Wildman–Crippen LogP) is 1.70. The Bertz CT molecular complexity index is 818. The van der Waals surface area contributed by atoms with E-state index < -0.39 is 6.43 Å². The number of nitrogens with zero attached hydrogens (tertiary/aromatic N) is 6. The molecule has 0 radical (unpaired) electrons. The topological polar surface area (TPSA) is 78.1 Å². The van der Waals surface area contributed by atoms with E-state index in [1.54, 1.807) is 11.8 Å². The molecule has 0 saturated carbocycles. The molecule has 0 bridgehead atoms. The van der Waals surface area contributed by atoms with Gasteiger partial charge in [0.1, 0.15) is 18.1 Å². The quantitative estimate of drug-likeness (QED) is 0.789. The van der Waals surface area contributed by atoms with E-state index in [1.165, 1.54) is 10.7 Å². The van der Waals surface area contributed by atoms with Crippen LogP contribution in [0.5, 0.6) is 0 Å². The van der Waals surface area contributed by atoms with Gasteiger partial charge in [-0.3, -0.25) is 9.48 Å². The van der Waals surface area contributed by atoms with E-state index in [9.17, 15) is 13.6 Å². The van der Waals surface area contributed by atoms with Gasteiger partial charge in [0.05, 0.1) is 6.54 Å². The molecule has 4 rings (SSSR count). The van der Waals surface area contributed by atoms with E-state index in [2.05, 4.69) is 10.2 Å². The zero-order valence-corrected chi connectivity index (χ0v) is 15.9. The van der Waals surface area contributed by atoms with Crippen molar-refractivity contribution < 1.29 is 18.3 Å². The maximum Gasteiger partial charge on any atom is 0.282 e. The second-order valence-corrected chi connectivity index (χ2v) is 7.30. The Morgan fingerprint density at radius 1 is 1.25 bits per heavy atom. The van der Waals surface area contributed by atoms with Crippen molar-refractivity contribution in [3.05, 3.63) is 29.1 Å². The molecule has 10 heteroatoms. The Labute approximate surface area is 161 Å². The highest BCUT2D eigenvalue weighted by atomic mass is 19.3. The molecular formula is C18H24F2N6O2. The molecule has 1 saturated heterocycles. The minimum atomic E-state index is -2.64. The van der Waals surface area contributed by atoms with Crippen molar-refractivity contribution in [3.63, 3.8) is 0 Å². The molecule has 0 aliphatic carbocycles. The normalized spacial score (nSPS) is 18.4. The molecule has 0 unspecified atom stereocenters. The van der Waals surface area contributed by atoms with Gasteiger partial charge in [0, 0.05) is 44.3 Å². The maximum atomic E-state index is 12.8. The van der Waals surface area contributed by atoms with Crippen LogP contribution in [-0.2, 0) is 29.0 Å². The minimum Gasteiger partial charge on any atom is -0.381 e. The fourth-order valence-electron chi connectivity index (χ4n) is 3.73. The number of amides is 1. The average Bonchev–Trinajstić information content (AvgIpc) is 3.20. The summed E-state index contributed by atoms with van der Waals surface area (Å²) in [5.41, 5.74) is 0.250. The summed E-state index contributed by atoms with van der Waals surface area (Å²) in [6.07, 6.45) is -0.126.